The molecule has 4 unspecified atom stereocenters. The Morgan fingerprint density at radius 2 is 1.93 bits per heavy atom. The molecule has 1 saturated carbocycles. The summed E-state index contributed by atoms with van der Waals surface area (Å²) >= 11 is 12.4. The topological polar surface area (TPSA) is 104 Å². The van der Waals surface area contributed by atoms with E-state index >= 15 is 8.78 Å². The standard InChI is InChI=1S/C33H39Cl2F2N3O4/c1-31(2)43-17-21(44-31)11-14-39-30(42)29-27(22-7-6-8-24(35)28(22)37)33(18-38,23-10-9-20(34)15-25(23)36)26(40-29)16-32(19-41)12-4-3-5-13-32/h6-10,15,21,26-27,29,40-41H,3-5,11-14,16-17,19H2,1-2H3,(H,39,42)/t21-,26?,27?,29?,33?/m0/s1. The maximum atomic E-state index is 15.9. The third-order valence-corrected chi connectivity index (χ3v) is 10.2. The lowest BCUT2D eigenvalue weighted by Gasteiger charge is -2.42. The van der Waals surface area contributed by atoms with Crippen LogP contribution in [0.3, 0.4) is 0 Å². The molecule has 11 heteroatoms. The van der Waals surface area contributed by atoms with Crippen molar-refractivity contribution in [2.24, 2.45) is 5.41 Å². The molecule has 2 aliphatic heterocycles. The summed E-state index contributed by atoms with van der Waals surface area (Å²) in [5.74, 6) is -3.85. The molecule has 3 N–H and O–H groups in total. The highest BCUT2D eigenvalue weighted by Gasteiger charge is 2.62. The van der Waals surface area contributed by atoms with Crippen LogP contribution in [0.15, 0.2) is 36.4 Å². The van der Waals surface area contributed by atoms with Gasteiger partial charge in [0.1, 0.15) is 17.0 Å². The first-order valence-electron chi connectivity index (χ1n) is 15.2. The first kappa shape index (κ1) is 33.1. The second-order valence-electron chi connectivity index (χ2n) is 12.9. The molecule has 44 heavy (non-hydrogen) atoms. The number of hydrogen-bond donors (Lipinski definition) is 3. The van der Waals surface area contributed by atoms with Gasteiger partial charge in [-0.05, 0) is 68.7 Å². The van der Waals surface area contributed by atoms with Crippen molar-refractivity contribution < 1.29 is 28.2 Å². The van der Waals surface area contributed by atoms with Crippen molar-refractivity contribution >= 4 is 29.1 Å². The maximum absolute atomic E-state index is 15.9. The number of ether oxygens (including phenoxy) is 2. The van der Waals surface area contributed by atoms with Gasteiger partial charge < -0.3 is 25.2 Å². The summed E-state index contributed by atoms with van der Waals surface area (Å²) in [5, 5.41) is 28.0. The van der Waals surface area contributed by atoms with Gasteiger partial charge in [-0.1, -0.05) is 60.7 Å². The first-order chi connectivity index (χ1) is 20.9. The number of nitriles is 1. The Kier molecular flexibility index (Phi) is 9.91. The van der Waals surface area contributed by atoms with Crippen molar-refractivity contribution in [1.82, 2.24) is 10.6 Å². The average molecular weight is 651 g/mol. The molecule has 2 aromatic carbocycles. The van der Waals surface area contributed by atoms with Gasteiger partial charge in [-0.15, -0.1) is 0 Å². The minimum Gasteiger partial charge on any atom is -0.396 e. The molecule has 1 amide bonds. The zero-order chi connectivity index (χ0) is 31.7. The van der Waals surface area contributed by atoms with Gasteiger partial charge in [0.15, 0.2) is 5.79 Å². The molecule has 1 aliphatic carbocycles. The number of aliphatic hydroxyl groups excluding tert-OH is 1. The molecular formula is C33H39Cl2F2N3O4. The fourth-order valence-electron chi connectivity index (χ4n) is 7.48. The number of hydrogen-bond acceptors (Lipinski definition) is 6. The molecule has 7 nitrogen and oxygen atoms in total. The monoisotopic (exact) mass is 649 g/mol. The van der Waals surface area contributed by atoms with E-state index in [1.807, 2.05) is 13.8 Å². The van der Waals surface area contributed by atoms with E-state index in [1.165, 1.54) is 24.3 Å². The number of aliphatic hydroxyl groups is 1. The maximum Gasteiger partial charge on any atom is 0.237 e. The van der Waals surface area contributed by atoms with E-state index in [2.05, 4.69) is 16.7 Å². The van der Waals surface area contributed by atoms with Crippen molar-refractivity contribution in [2.45, 2.75) is 94.1 Å². The number of amides is 1. The van der Waals surface area contributed by atoms with Crippen LogP contribution in [0.2, 0.25) is 10.0 Å². The Labute approximate surface area is 267 Å². The SMILES string of the molecule is CC1(C)OC[C@H](CCNC(=O)C2NC(CC3(CO)CCCCC3)C(C#N)(c3ccc(Cl)cc3F)C2c2cccc(Cl)c2F)O1. The second kappa shape index (κ2) is 13.2. The summed E-state index contributed by atoms with van der Waals surface area (Å²) in [6, 6.07) is 8.91. The van der Waals surface area contributed by atoms with Crippen molar-refractivity contribution in [3.8, 4) is 6.07 Å². The number of nitrogens with one attached hydrogen (secondary N) is 2. The van der Waals surface area contributed by atoms with Gasteiger partial charge in [-0.3, -0.25) is 4.79 Å². The fraction of sp³-hybridized carbons (Fsp3) is 0.576. The summed E-state index contributed by atoms with van der Waals surface area (Å²) in [4.78, 5) is 14.0. The van der Waals surface area contributed by atoms with E-state index in [4.69, 9.17) is 32.7 Å². The van der Waals surface area contributed by atoms with E-state index in [0.29, 0.717) is 13.0 Å². The lowest BCUT2D eigenvalue weighted by atomic mass is 9.60. The number of nitrogens with zero attached hydrogens (tertiary/aromatic N) is 1. The minimum atomic E-state index is -1.76. The number of carbonyl (C=O) groups is 1. The van der Waals surface area contributed by atoms with E-state index in [-0.39, 0.29) is 46.8 Å². The Bertz CT molecular complexity index is 1410. The predicted octanol–water partition coefficient (Wildman–Crippen LogP) is 6.15. The molecule has 2 heterocycles. The number of carbonyl (C=O) groups excluding carboxylic acids is 1. The predicted molar refractivity (Wildman–Crippen MR) is 163 cm³/mol. The van der Waals surface area contributed by atoms with Crippen molar-refractivity contribution in [2.75, 3.05) is 19.8 Å². The summed E-state index contributed by atoms with van der Waals surface area (Å²) in [6.45, 7) is 4.15. The molecule has 5 atom stereocenters. The third kappa shape index (κ3) is 6.35. The second-order valence-corrected chi connectivity index (χ2v) is 13.7. The van der Waals surface area contributed by atoms with Crippen LogP contribution in [-0.4, -0.2) is 54.7 Å². The Hall–Kier alpha value is -2.32. The summed E-state index contributed by atoms with van der Waals surface area (Å²) < 4.78 is 43.3. The molecule has 5 rings (SSSR count). The van der Waals surface area contributed by atoms with Crippen LogP contribution >= 0.6 is 23.2 Å². The quantitative estimate of drug-likeness (QED) is 0.301. The molecular weight excluding hydrogens is 611 g/mol. The van der Waals surface area contributed by atoms with Crippen molar-refractivity contribution in [3.63, 3.8) is 0 Å². The van der Waals surface area contributed by atoms with E-state index in [0.717, 1.165) is 38.2 Å². The number of benzene rings is 2. The van der Waals surface area contributed by atoms with E-state index in [9.17, 15) is 15.2 Å². The van der Waals surface area contributed by atoms with E-state index in [1.54, 1.807) is 6.07 Å². The Morgan fingerprint density at radius 1 is 1.18 bits per heavy atom. The Balaban J connectivity index is 1.59. The Morgan fingerprint density at radius 3 is 2.57 bits per heavy atom. The minimum absolute atomic E-state index is 0.00390. The molecule has 3 fully saturated rings. The number of halogens is 4. The highest BCUT2D eigenvalue weighted by atomic mass is 35.5. The van der Waals surface area contributed by atoms with Gasteiger partial charge in [0.05, 0.1) is 29.8 Å². The largest absolute Gasteiger partial charge is 0.396 e. The van der Waals surface area contributed by atoms with Crippen LogP contribution in [0, 0.1) is 28.4 Å². The molecule has 3 aliphatic rings. The van der Waals surface area contributed by atoms with Crippen molar-refractivity contribution in [1.29, 1.82) is 5.26 Å². The van der Waals surface area contributed by atoms with Crippen LogP contribution in [0.25, 0.3) is 0 Å². The highest BCUT2D eigenvalue weighted by Crippen LogP contribution is 2.54. The molecule has 2 saturated heterocycles. The number of rotatable bonds is 9. The molecule has 238 valence electrons. The molecule has 0 aromatic heterocycles. The van der Waals surface area contributed by atoms with Gasteiger partial charge in [0.25, 0.3) is 0 Å². The average Bonchev–Trinajstić information content (AvgIpc) is 3.51. The van der Waals surface area contributed by atoms with Gasteiger partial charge >= 0.3 is 0 Å². The first-order valence-corrected chi connectivity index (χ1v) is 16.0. The van der Waals surface area contributed by atoms with Gasteiger partial charge in [-0.25, -0.2) is 8.78 Å². The smallest absolute Gasteiger partial charge is 0.237 e. The van der Waals surface area contributed by atoms with Gasteiger partial charge in [0.2, 0.25) is 5.91 Å². The summed E-state index contributed by atoms with van der Waals surface area (Å²) in [5.41, 5.74) is -2.27. The normalized spacial score (nSPS) is 29.3. The van der Waals surface area contributed by atoms with Crippen LogP contribution in [0.5, 0.6) is 0 Å². The molecule has 0 spiro atoms. The van der Waals surface area contributed by atoms with Crippen molar-refractivity contribution in [3.05, 3.63) is 69.2 Å². The van der Waals surface area contributed by atoms with Gasteiger partial charge in [0, 0.05) is 35.7 Å². The van der Waals surface area contributed by atoms with Crippen LogP contribution < -0.4 is 10.6 Å². The lowest BCUT2D eigenvalue weighted by Crippen LogP contribution is -2.48. The lowest BCUT2D eigenvalue weighted by molar-refractivity contribution is -0.138. The molecule has 2 aromatic rings. The fourth-order valence-corrected chi connectivity index (χ4v) is 7.82. The molecule has 0 radical (unpaired) electrons. The van der Waals surface area contributed by atoms with Crippen LogP contribution in [0.4, 0.5) is 8.78 Å². The van der Waals surface area contributed by atoms with Crippen LogP contribution in [-0.2, 0) is 19.7 Å². The highest BCUT2D eigenvalue weighted by molar-refractivity contribution is 6.31. The van der Waals surface area contributed by atoms with Crippen LogP contribution in [0.1, 0.15) is 75.8 Å². The summed E-state index contributed by atoms with van der Waals surface area (Å²) in [7, 11) is 0. The van der Waals surface area contributed by atoms with E-state index < -0.39 is 52.2 Å². The zero-order valence-electron chi connectivity index (χ0n) is 25.0. The zero-order valence-corrected chi connectivity index (χ0v) is 26.5. The van der Waals surface area contributed by atoms with Gasteiger partial charge in [-0.2, -0.15) is 5.26 Å². The summed E-state index contributed by atoms with van der Waals surface area (Å²) in [6.07, 6.45) is 4.83. The molecule has 0 bridgehead atoms. The third-order valence-electron chi connectivity index (χ3n) is 9.63.